The molecule has 1 heterocycles. The third-order valence-corrected chi connectivity index (χ3v) is 3.03. The van der Waals surface area contributed by atoms with Crippen LogP contribution in [0.1, 0.15) is 9.88 Å². The molecule has 0 aliphatic heterocycles. The molecule has 1 aromatic carbocycles. The van der Waals surface area contributed by atoms with Gasteiger partial charge in [-0.25, -0.2) is 18.2 Å². The molecular formula is C11H9F3N2S. The average Bonchev–Trinajstić information content (AvgIpc) is 2.69. The SMILES string of the molecule is Cc1ncc(CNc2cc(F)c(F)c(F)c2)s1. The molecule has 0 unspecified atom stereocenters. The van der Waals surface area contributed by atoms with Gasteiger partial charge in [0.05, 0.1) is 11.6 Å². The summed E-state index contributed by atoms with van der Waals surface area (Å²) in [4.78, 5) is 4.99. The predicted octanol–water partition coefficient (Wildman–Crippen LogP) is 3.48. The first-order valence-corrected chi connectivity index (χ1v) is 5.67. The molecule has 90 valence electrons. The minimum Gasteiger partial charge on any atom is -0.380 e. The molecular weight excluding hydrogens is 249 g/mol. The van der Waals surface area contributed by atoms with Crippen LogP contribution in [-0.4, -0.2) is 4.98 Å². The Morgan fingerprint density at radius 1 is 1.24 bits per heavy atom. The summed E-state index contributed by atoms with van der Waals surface area (Å²) < 4.78 is 38.5. The van der Waals surface area contributed by atoms with Gasteiger partial charge >= 0.3 is 0 Å². The zero-order chi connectivity index (χ0) is 12.4. The van der Waals surface area contributed by atoms with E-state index in [2.05, 4.69) is 10.3 Å². The number of hydrogen-bond acceptors (Lipinski definition) is 3. The number of hydrogen-bond donors (Lipinski definition) is 1. The van der Waals surface area contributed by atoms with Gasteiger partial charge in [-0.3, -0.25) is 0 Å². The summed E-state index contributed by atoms with van der Waals surface area (Å²) in [6, 6.07) is 1.85. The Balaban J connectivity index is 2.09. The van der Waals surface area contributed by atoms with E-state index in [1.165, 1.54) is 11.3 Å². The van der Waals surface area contributed by atoms with Crippen LogP contribution < -0.4 is 5.32 Å². The second kappa shape index (κ2) is 4.75. The van der Waals surface area contributed by atoms with Crippen LogP contribution in [0.3, 0.4) is 0 Å². The van der Waals surface area contributed by atoms with E-state index in [0.717, 1.165) is 22.0 Å². The molecule has 0 bridgehead atoms. The van der Waals surface area contributed by atoms with Crippen molar-refractivity contribution in [1.82, 2.24) is 4.98 Å². The van der Waals surface area contributed by atoms with Gasteiger partial charge < -0.3 is 5.32 Å². The number of nitrogens with one attached hydrogen (secondary N) is 1. The highest BCUT2D eigenvalue weighted by Crippen LogP contribution is 2.19. The van der Waals surface area contributed by atoms with Gasteiger partial charge in [0.1, 0.15) is 0 Å². The molecule has 1 N–H and O–H groups in total. The van der Waals surface area contributed by atoms with E-state index >= 15 is 0 Å². The number of thiazole rings is 1. The van der Waals surface area contributed by atoms with Crippen molar-refractivity contribution in [3.8, 4) is 0 Å². The molecule has 0 saturated carbocycles. The van der Waals surface area contributed by atoms with E-state index in [4.69, 9.17) is 0 Å². The molecule has 0 atom stereocenters. The molecule has 2 nitrogen and oxygen atoms in total. The fourth-order valence-electron chi connectivity index (χ4n) is 1.33. The number of benzene rings is 1. The monoisotopic (exact) mass is 258 g/mol. The number of anilines is 1. The lowest BCUT2D eigenvalue weighted by molar-refractivity contribution is 0.447. The van der Waals surface area contributed by atoms with Gasteiger partial charge in [0.2, 0.25) is 0 Å². The molecule has 2 rings (SSSR count). The van der Waals surface area contributed by atoms with Gasteiger partial charge in [0.15, 0.2) is 17.5 Å². The van der Waals surface area contributed by atoms with E-state index in [1.54, 1.807) is 6.20 Å². The van der Waals surface area contributed by atoms with Crippen LogP contribution >= 0.6 is 11.3 Å². The van der Waals surface area contributed by atoms with E-state index < -0.39 is 17.5 Å². The summed E-state index contributed by atoms with van der Waals surface area (Å²) in [5, 5.41) is 3.72. The molecule has 6 heteroatoms. The Morgan fingerprint density at radius 3 is 2.41 bits per heavy atom. The highest BCUT2D eigenvalue weighted by Gasteiger charge is 2.10. The summed E-state index contributed by atoms with van der Waals surface area (Å²) in [7, 11) is 0. The smallest absolute Gasteiger partial charge is 0.194 e. The van der Waals surface area contributed by atoms with Gasteiger partial charge in [-0.1, -0.05) is 0 Å². The van der Waals surface area contributed by atoms with Gasteiger partial charge in [-0.05, 0) is 6.92 Å². The van der Waals surface area contributed by atoms with Crippen LogP contribution in [0.5, 0.6) is 0 Å². The normalized spacial score (nSPS) is 10.6. The minimum absolute atomic E-state index is 0.201. The first-order valence-electron chi connectivity index (χ1n) is 4.86. The summed E-state index contributed by atoms with van der Waals surface area (Å²) in [6.07, 6.45) is 1.68. The molecule has 0 fully saturated rings. The van der Waals surface area contributed by atoms with E-state index in [0.29, 0.717) is 6.54 Å². The number of rotatable bonds is 3. The summed E-state index contributed by atoms with van der Waals surface area (Å²) in [6.45, 7) is 2.27. The van der Waals surface area contributed by atoms with Crippen LogP contribution in [0, 0.1) is 24.4 Å². The molecule has 1 aromatic heterocycles. The predicted molar refractivity (Wildman–Crippen MR) is 60.5 cm³/mol. The van der Waals surface area contributed by atoms with Crippen LogP contribution in [0.2, 0.25) is 0 Å². The third kappa shape index (κ3) is 2.76. The lowest BCUT2D eigenvalue weighted by Gasteiger charge is -2.05. The van der Waals surface area contributed by atoms with Gasteiger partial charge in [0, 0.05) is 28.9 Å². The van der Waals surface area contributed by atoms with Crippen molar-refractivity contribution in [1.29, 1.82) is 0 Å². The number of aryl methyl sites for hydroxylation is 1. The van der Waals surface area contributed by atoms with Gasteiger partial charge in [-0.15, -0.1) is 11.3 Å². The fraction of sp³-hybridized carbons (Fsp3) is 0.182. The Morgan fingerprint density at radius 2 is 1.88 bits per heavy atom. The quantitative estimate of drug-likeness (QED) is 0.852. The molecule has 0 saturated heterocycles. The Hall–Kier alpha value is -1.56. The fourth-order valence-corrected chi connectivity index (χ4v) is 2.07. The summed E-state index contributed by atoms with van der Waals surface area (Å²) in [5.41, 5.74) is 0.201. The Labute approximate surface area is 100 Å². The average molecular weight is 258 g/mol. The Bertz CT molecular complexity index is 516. The van der Waals surface area contributed by atoms with E-state index in [9.17, 15) is 13.2 Å². The highest BCUT2D eigenvalue weighted by atomic mass is 32.1. The highest BCUT2D eigenvalue weighted by molar-refractivity contribution is 7.11. The molecule has 0 aliphatic carbocycles. The molecule has 0 radical (unpaired) electrons. The standard InChI is InChI=1S/C11H9F3N2S/c1-6-15-4-8(17-6)5-16-7-2-9(12)11(14)10(13)3-7/h2-4,16H,5H2,1H3. The maximum absolute atomic E-state index is 12.9. The van der Waals surface area contributed by atoms with Crippen molar-refractivity contribution in [2.75, 3.05) is 5.32 Å². The van der Waals surface area contributed by atoms with Crippen LogP contribution in [0.15, 0.2) is 18.3 Å². The van der Waals surface area contributed by atoms with E-state index in [1.807, 2.05) is 6.92 Å². The third-order valence-electron chi connectivity index (χ3n) is 2.12. The van der Waals surface area contributed by atoms with Gasteiger partial charge in [0.25, 0.3) is 0 Å². The summed E-state index contributed by atoms with van der Waals surface area (Å²) in [5.74, 6) is -3.86. The lowest BCUT2D eigenvalue weighted by atomic mass is 10.3. The van der Waals surface area contributed by atoms with Crippen molar-refractivity contribution in [2.45, 2.75) is 13.5 Å². The molecule has 0 spiro atoms. The number of nitrogens with zero attached hydrogens (tertiary/aromatic N) is 1. The second-order valence-corrected chi connectivity index (χ2v) is 4.77. The van der Waals surface area contributed by atoms with Crippen LogP contribution in [0.25, 0.3) is 0 Å². The Kier molecular flexibility index (Phi) is 3.33. The van der Waals surface area contributed by atoms with Gasteiger partial charge in [-0.2, -0.15) is 0 Å². The lowest BCUT2D eigenvalue weighted by Crippen LogP contribution is -2.00. The molecule has 0 amide bonds. The van der Waals surface area contributed by atoms with Crippen molar-refractivity contribution >= 4 is 17.0 Å². The second-order valence-electron chi connectivity index (χ2n) is 3.45. The minimum atomic E-state index is -1.45. The van der Waals surface area contributed by atoms with Crippen molar-refractivity contribution < 1.29 is 13.2 Å². The number of halogens is 3. The van der Waals surface area contributed by atoms with Crippen molar-refractivity contribution in [2.24, 2.45) is 0 Å². The van der Waals surface area contributed by atoms with Crippen molar-refractivity contribution in [3.05, 3.63) is 45.7 Å². The maximum atomic E-state index is 12.9. The topological polar surface area (TPSA) is 24.9 Å². The molecule has 0 aliphatic rings. The van der Waals surface area contributed by atoms with Crippen molar-refractivity contribution in [3.63, 3.8) is 0 Å². The first kappa shape index (κ1) is 11.9. The zero-order valence-electron chi connectivity index (χ0n) is 8.93. The molecule has 2 aromatic rings. The van der Waals surface area contributed by atoms with E-state index in [-0.39, 0.29) is 5.69 Å². The largest absolute Gasteiger partial charge is 0.380 e. The maximum Gasteiger partial charge on any atom is 0.194 e. The van der Waals surface area contributed by atoms with Crippen LogP contribution in [0.4, 0.5) is 18.9 Å². The molecule has 17 heavy (non-hydrogen) atoms. The van der Waals surface area contributed by atoms with Crippen LogP contribution in [-0.2, 0) is 6.54 Å². The zero-order valence-corrected chi connectivity index (χ0v) is 9.75. The number of aromatic nitrogens is 1. The first-order chi connectivity index (χ1) is 8.06. The summed E-state index contributed by atoms with van der Waals surface area (Å²) >= 11 is 1.48.